The molecule has 1 aliphatic carbocycles. The second-order valence-electron chi connectivity index (χ2n) is 5.40. The summed E-state index contributed by atoms with van der Waals surface area (Å²) in [5, 5.41) is 3.48. The van der Waals surface area contributed by atoms with Gasteiger partial charge in [0.2, 0.25) is 0 Å². The van der Waals surface area contributed by atoms with E-state index in [1.165, 1.54) is 48.9 Å². The van der Waals surface area contributed by atoms with Crippen molar-refractivity contribution in [2.45, 2.75) is 58.9 Å². The highest BCUT2D eigenvalue weighted by atomic mass is 15.0. The van der Waals surface area contributed by atoms with E-state index in [1.807, 2.05) is 0 Å². The van der Waals surface area contributed by atoms with Gasteiger partial charge >= 0.3 is 0 Å². The number of hydrogen-bond donors (Lipinski definition) is 1. The maximum Gasteiger partial charge on any atom is 0.0979 e. The molecule has 0 saturated heterocycles. The third kappa shape index (κ3) is 3.34. The molecule has 0 aliphatic heterocycles. The summed E-state index contributed by atoms with van der Waals surface area (Å²) in [6.45, 7) is 6.37. The van der Waals surface area contributed by atoms with Gasteiger partial charge in [-0.05, 0) is 44.7 Å². The molecule has 1 saturated carbocycles. The summed E-state index contributed by atoms with van der Waals surface area (Å²) in [4.78, 5) is 4.82. The summed E-state index contributed by atoms with van der Waals surface area (Å²) < 4.78 is 0. The number of nitrogens with zero attached hydrogens (tertiary/aromatic N) is 1. The zero-order chi connectivity index (χ0) is 13.0. The minimum absolute atomic E-state index is 0.538. The maximum absolute atomic E-state index is 4.82. The Kier molecular flexibility index (Phi) is 4.40. The standard InChI is InChI=1S/C16H24N2/c1-12-8-7-9-13(2)16(12)18-14(3)17-15-10-5-4-6-11-15/h7-9,15H,4-6,10-11H2,1-3H3,(H,17,18). The molecular weight excluding hydrogens is 220 g/mol. The Morgan fingerprint density at radius 1 is 1.11 bits per heavy atom. The summed E-state index contributed by atoms with van der Waals surface area (Å²) in [6, 6.07) is 6.92. The topological polar surface area (TPSA) is 24.4 Å². The van der Waals surface area contributed by atoms with Crippen LogP contribution in [0.1, 0.15) is 50.2 Å². The molecule has 0 radical (unpaired) electrons. The van der Waals surface area contributed by atoms with Gasteiger partial charge in [-0.25, -0.2) is 0 Å². The summed E-state index contributed by atoms with van der Waals surface area (Å²) in [6.07, 6.45) is 6.57. The van der Waals surface area contributed by atoms with Crippen molar-refractivity contribution in [3.05, 3.63) is 29.3 Å². The zero-order valence-corrected chi connectivity index (χ0v) is 11.8. The van der Waals surface area contributed by atoms with Crippen molar-refractivity contribution < 1.29 is 0 Å². The first-order valence-electron chi connectivity index (χ1n) is 7.04. The van der Waals surface area contributed by atoms with Crippen LogP contribution in [0.25, 0.3) is 0 Å². The molecule has 0 spiro atoms. The molecule has 0 bridgehead atoms. The summed E-state index contributed by atoms with van der Waals surface area (Å²) in [5.74, 6) is 1.05. The van der Waals surface area contributed by atoms with Crippen LogP contribution in [0.15, 0.2) is 23.2 Å². The van der Waals surface area contributed by atoms with Crippen LogP contribution in [0, 0.1) is 13.8 Å². The highest BCUT2D eigenvalue weighted by molar-refractivity contribution is 5.95. The molecule has 18 heavy (non-hydrogen) atoms. The van der Waals surface area contributed by atoms with Crippen molar-refractivity contribution in [1.82, 2.24) is 0 Å². The largest absolute Gasteiger partial charge is 0.344 e. The lowest BCUT2D eigenvalue weighted by atomic mass is 9.96. The minimum Gasteiger partial charge on any atom is -0.344 e. The van der Waals surface area contributed by atoms with Gasteiger partial charge < -0.3 is 5.32 Å². The average Bonchev–Trinajstić information content (AvgIpc) is 2.35. The van der Waals surface area contributed by atoms with E-state index in [0.717, 1.165) is 5.84 Å². The van der Waals surface area contributed by atoms with Gasteiger partial charge in [-0.1, -0.05) is 37.5 Å². The molecule has 1 N–H and O–H groups in total. The molecule has 0 aromatic heterocycles. The van der Waals surface area contributed by atoms with Gasteiger partial charge in [0, 0.05) is 5.69 Å². The number of amidine groups is 1. The van der Waals surface area contributed by atoms with E-state index in [2.05, 4.69) is 44.3 Å². The fraction of sp³-hybridized carbons (Fsp3) is 0.562. The predicted octanol–water partition coefficient (Wildman–Crippen LogP) is 4.47. The van der Waals surface area contributed by atoms with Gasteiger partial charge in [0.1, 0.15) is 0 Å². The Bertz CT molecular complexity index is 408. The highest BCUT2D eigenvalue weighted by Gasteiger charge is 2.12. The van der Waals surface area contributed by atoms with Crippen LogP contribution in [0.2, 0.25) is 0 Å². The zero-order valence-electron chi connectivity index (χ0n) is 11.8. The van der Waals surface area contributed by atoms with Gasteiger partial charge in [-0.15, -0.1) is 0 Å². The Balaban J connectivity index is 2.06. The molecule has 0 atom stereocenters. The van der Waals surface area contributed by atoms with Gasteiger partial charge in [0.15, 0.2) is 0 Å². The van der Waals surface area contributed by atoms with Crippen LogP contribution in [0.5, 0.6) is 0 Å². The number of aryl methyl sites for hydroxylation is 2. The highest BCUT2D eigenvalue weighted by Crippen LogP contribution is 2.22. The van der Waals surface area contributed by atoms with Crippen molar-refractivity contribution in [2.24, 2.45) is 4.99 Å². The fourth-order valence-corrected chi connectivity index (χ4v) is 2.71. The Morgan fingerprint density at radius 2 is 1.72 bits per heavy atom. The van der Waals surface area contributed by atoms with Crippen LogP contribution in [0.3, 0.4) is 0 Å². The second kappa shape index (κ2) is 6.03. The first kappa shape index (κ1) is 13.1. The molecule has 98 valence electrons. The van der Waals surface area contributed by atoms with Gasteiger partial charge in [0.25, 0.3) is 0 Å². The Hall–Kier alpha value is -1.31. The fourth-order valence-electron chi connectivity index (χ4n) is 2.71. The molecule has 1 aromatic rings. The number of hydrogen-bond acceptors (Lipinski definition) is 1. The summed E-state index contributed by atoms with van der Waals surface area (Å²) in [5.41, 5.74) is 3.79. The van der Waals surface area contributed by atoms with E-state index in [4.69, 9.17) is 4.99 Å². The third-order valence-electron chi connectivity index (χ3n) is 3.74. The molecule has 2 nitrogen and oxygen atoms in total. The number of rotatable bonds is 2. The third-order valence-corrected chi connectivity index (χ3v) is 3.74. The summed E-state index contributed by atoms with van der Waals surface area (Å²) >= 11 is 0. The van der Waals surface area contributed by atoms with E-state index < -0.39 is 0 Å². The van der Waals surface area contributed by atoms with Crippen LogP contribution in [-0.2, 0) is 0 Å². The van der Waals surface area contributed by atoms with E-state index in [9.17, 15) is 0 Å². The molecule has 0 unspecified atom stereocenters. The van der Waals surface area contributed by atoms with Crippen LogP contribution < -0.4 is 5.32 Å². The number of anilines is 1. The Labute approximate surface area is 111 Å². The molecular formula is C16H24N2. The molecule has 0 amide bonds. The van der Waals surface area contributed by atoms with E-state index in [1.54, 1.807) is 0 Å². The van der Waals surface area contributed by atoms with Gasteiger partial charge in [-0.3, -0.25) is 4.99 Å². The number of aliphatic imine (C=N–C) groups is 1. The summed E-state index contributed by atoms with van der Waals surface area (Å²) in [7, 11) is 0. The van der Waals surface area contributed by atoms with Crippen LogP contribution >= 0.6 is 0 Å². The van der Waals surface area contributed by atoms with Crippen molar-refractivity contribution in [3.8, 4) is 0 Å². The molecule has 0 heterocycles. The lowest BCUT2D eigenvalue weighted by Crippen LogP contribution is -2.16. The molecule has 2 rings (SSSR count). The normalized spacial score (nSPS) is 17.8. The number of nitrogens with one attached hydrogen (secondary N) is 1. The van der Waals surface area contributed by atoms with Crippen LogP contribution in [0.4, 0.5) is 5.69 Å². The monoisotopic (exact) mass is 244 g/mol. The van der Waals surface area contributed by atoms with Crippen LogP contribution in [-0.4, -0.2) is 11.9 Å². The maximum atomic E-state index is 4.82. The van der Waals surface area contributed by atoms with Crippen molar-refractivity contribution in [1.29, 1.82) is 0 Å². The van der Waals surface area contributed by atoms with Gasteiger partial charge in [-0.2, -0.15) is 0 Å². The Morgan fingerprint density at radius 3 is 2.33 bits per heavy atom. The predicted molar refractivity (Wildman–Crippen MR) is 79.5 cm³/mol. The van der Waals surface area contributed by atoms with Crippen molar-refractivity contribution in [3.63, 3.8) is 0 Å². The smallest absolute Gasteiger partial charge is 0.0979 e. The SMILES string of the molecule is C/C(=N\C1CCCCC1)Nc1c(C)cccc1C. The average molecular weight is 244 g/mol. The second-order valence-corrected chi connectivity index (χ2v) is 5.40. The molecule has 1 fully saturated rings. The first-order chi connectivity index (χ1) is 8.66. The molecule has 2 heteroatoms. The van der Waals surface area contributed by atoms with Crippen molar-refractivity contribution >= 4 is 11.5 Å². The first-order valence-corrected chi connectivity index (χ1v) is 7.04. The molecule has 1 aliphatic rings. The van der Waals surface area contributed by atoms with E-state index >= 15 is 0 Å². The lowest BCUT2D eigenvalue weighted by Gasteiger charge is -2.19. The number of benzene rings is 1. The quantitative estimate of drug-likeness (QED) is 0.602. The lowest BCUT2D eigenvalue weighted by molar-refractivity contribution is 0.443. The minimum atomic E-state index is 0.538. The van der Waals surface area contributed by atoms with Crippen molar-refractivity contribution in [2.75, 3.05) is 5.32 Å². The van der Waals surface area contributed by atoms with Gasteiger partial charge in [0.05, 0.1) is 11.9 Å². The molecule has 1 aromatic carbocycles. The van der Waals surface area contributed by atoms with E-state index in [-0.39, 0.29) is 0 Å². The number of para-hydroxylation sites is 1. The van der Waals surface area contributed by atoms with E-state index in [0.29, 0.717) is 6.04 Å².